The first kappa shape index (κ1) is 38.1. The molecule has 15 heteroatoms. The van der Waals surface area contributed by atoms with Crippen molar-refractivity contribution in [3.8, 4) is 0 Å². The van der Waals surface area contributed by atoms with Crippen molar-refractivity contribution in [1.29, 1.82) is 0 Å². The number of benzene rings is 2. The number of anilines is 2. The fraction of sp³-hybridized carbons (Fsp3) is 0.513. The van der Waals surface area contributed by atoms with E-state index in [1.54, 1.807) is 24.2 Å². The highest BCUT2D eigenvalue weighted by Crippen LogP contribution is 2.45. The molecule has 4 aliphatic heterocycles. The van der Waals surface area contributed by atoms with Crippen molar-refractivity contribution in [1.82, 2.24) is 24.9 Å². The van der Waals surface area contributed by atoms with E-state index in [1.165, 1.54) is 10.7 Å². The summed E-state index contributed by atoms with van der Waals surface area (Å²) in [6, 6.07) is 12.1. The molecule has 7 rings (SSSR count). The number of aromatic nitrogens is 2. The molecule has 0 radical (unpaired) electrons. The summed E-state index contributed by atoms with van der Waals surface area (Å²) in [4.78, 5) is 55.8. The van der Waals surface area contributed by atoms with Crippen molar-refractivity contribution >= 4 is 45.0 Å². The van der Waals surface area contributed by atoms with Crippen LogP contribution in [0.4, 0.5) is 24.5 Å². The molecular formula is C39H45BrF3N7O4. The van der Waals surface area contributed by atoms with Crippen LogP contribution in [0.3, 0.4) is 0 Å². The molecule has 2 aromatic carbocycles. The summed E-state index contributed by atoms with van der Waals surface area (Å²) >= 11 is 3.40. The van der Waals surface area contributed by atoms with Crippen molar-refractivity contribution in [2.75, 3.05) is 56.5 Å². The smallest absolute Gasteiger partial charge is 0.379 e. The number of likely N-dealkylation sites (N-methyl/N-ethyl adjacent to an activating group) is 1. The van der Waals surface area contributed by atoms with E-state index in [0.717, 1.165) is 56.8 Å². The topological polar surface area (TPSA) is 120 Å². The van der Waals surface area contributed by atoms with Crippen LogP contribution in [-0.4, -0.2) is 89.7 Å². The number of halogens is 4. The highest BCUT2D eigenvalue weighted by Gasteiger charge is 2.42. The summed E-state index contributed by atoms with van der Waals surface area (Å²) in [5.74, 6) is -1.53. The third-order valence-corrected chi connectivity index (χ3v) is 12.7. The first-order valence-electron chi connectivity index (χ1n) is 18.6. The molecule has 3 atom stereocenters. The van der Waals surface area contributed by atoms with Gasteiger partial charge in [-0.2, -0.15) is 18.3 Å². The SMILES string of the molecule is CN1C[C@@H](Nc2cnn(C)c(=O)c2Br)C[C@@H](c2ccc(C(=O)N3CCC4(CC3)CCN(c3ccc(C5CCC(=O)NC5=O)cc3C(F)(F)F)CC4)cc2)C1. The second kappa shape index (κ2) is 15.1. The Labute approximate surface area is 320 Å². The lowest BCUT2D eigenvalue weighted by molar-refractivity contribution is -0.138. The number of alkyl halides is 3. The molecule has 1 aromatic heterocycles. The zero-order valence-electron chi connectivity index (χ0n) is 30.4. The van der Waals surface area contributed by atoms with E-state index in [1.807, 2.05) is 29.2 Å². The number of aryl methyl sites for hydroxylation is 1. The minimum absolute atomic E-state index is 0.0110. The van der Waals surface area contributed by atoms with Gasteiger partial charge in [0, 0.05) is 70.0 Å². The van der Waals surface area contributed by atoms with Crippen LogP contribution in [0.15, 0.2) is 57.9 Å². The van der Waals surface area contributed by atoms with Crippen molar-refractivity contribution in [3.63, 3.8) is 0 Å². The van der Waals surface area contributed by atoms with E-state index in [-0.39, 0.29) is 52.9 Å². The monoisotopic (exact) mass is 811 g/mol. The van der Waals surface area contributed by atoms with Gasteiger partial charge in [0.1, 0.15) is 4.47 Å². The molecule has 54 heavy (non-hydrogen) atoms. The molecular weight excluding hydrogens is 767 g/mol. The van der Waals surface area contributed by atoms with Gasteiger partial charge in [-0.3, -0.25) is 24.5 Å². The molecule has 0 saturated carbocycles. The zero-order valence-corrected chi connectivity index (χ0v) is 32.0. The number of imide groups is 1. The number of hydrogen-bond acceptors (Lipinski definition) is 8. The molecule has 4 aliphatic rings. The number of likely N-dealkylation sites (tertiary alicyclic amines) is 2. The standard InChI is InChI=1S/C39H45BrF3N7O4/c1-47-22-27(19-28(23-47)45-31-21-44-48(2)37(54)34(31)40)24-3-5-25(6-4-24)36(53)50-17-13-38(14-18-50)11-15-49(16-12-38)32-9-7-26(20-30(32)39(41,42)43)29-8-10-33(51)46-35(29)52/h3-7,9,20-21,27-29,45H,8,10-19,22-23H2,1-2H3,(H,46,51,52)/t27-,28+,29?/m1/s1. The molecule has 4 fully saturated rings. The Bertz CT molecular complexity index is 1970. The number of carbonyl (C=O) groups is 3. The van der Waals surface area contributed by atoms with Crippen molar-refractivity contribution in [2.24, 2.45) is 12.5 Å². The normalized spacial score (nSPS) is 23.7. The molecule has 1 unspecified atom stereocenters. The predicted octanol–water partition coefficient (Wildman–Crippen LogP) is 5.50. The highest BCUT2D eigenvalue weighted by atomic mass is 79.9. The Balaban J connectivity index is 0.940. The van der Waals surface area contributed by atoms with Gasteiger partial charge in [0.15, 0.2) is 0 Å². The molecule has 3 amide bonds. The van der Waals surface area contributed by atoms with E-state index in [2.05, 4.69) is 43.6 Å². The molecule has 2 N–H and O–H groups in total. The average molecular weight is 813 g/mol. The van der Waals surface area contributed by atoms with Crippen LogP contribution in [0, 0.1) is 5.41 Å². The molecule has 1 spiro atoms. The number of nitrogens with zero attached hydrogens (tertiary/aromatic N) is 5. The van der Waals surface area contributed by atoms with Crippen LogP contribution < -0.4 is 21.1 Å². The summed E-state index contributed by atoms with van der Waals surface area (Å²) in [5, 5.41) is 9.86. The summed E-state index contributed by atoms with van der Waals surface area (Å²) in [6.45, 7) is 3.84. The number of carbonyl (C=O) groups excluding carboxylic acids is 3. The van der Waals surface area contributed by atoms with Crippen molar-refractivity contribution in [3.05, 3.63) is 85.7 Å². The quantitative estimate of drug-likeness (QED) is 0.314. The Morgan fingerprint density at radius 3 is 2.28 bits per heavy atom. The molecule has 4 saturated heterocycles. The van der Waals surface area contributed by atoms with E-state index in [4.69, 9.17) is 0 Å². The minimum Gasteiger partial charge on any atom is -0.379 e. The van der Waals surface area contributed by atoms with Crippen LogP contribution in [0.5, 0.6) is 0 Å². The van der Waals surface area contributed by atoms with Gasteiger partial charge in [-0.15, -0.1) is 0 Å². The third-order valence-electron chi connectivity index (χ3n) is 11.9. The molecule has 0 aliphatic carbocycles. The maximum absolute atomic E-state index is 14.3. The fourth-order valence-electron chi connectivity index (χ4n) is 8.77. The lowest BCUT2D eigenvalue weighted by Gasteiger charge is -2.47. The Hall–Kier alpha value is -4.24. The van der Waals surface area contributed by atoms with Crippen LogP contribution in [0.2, 0.25) is 0 Å². The molecule has 3 aromatic rings. The Morgan fingerprint density at radius 2 is 1.61 bits per heavy atom. The second-order valence-corrected chi connectivity index (χ2v) is 16.3. The molecule has 288 valence electrons. The van der Waals surface area contributed by atoms with Gasteiger partial charge in [-0.25, -0.2) is 4.68 Å². The zero-order chi connectivity index (χ0) is 38.4. The van der Waals surface area contributed by atoms with Crippen LogP contribution in [0.1, 0.15) is 83.8 Å². The Kier molecular flexibility index (Phi) is 10.7. The van der Waals surface area contributed by atoms with E-state index in [9.17, 15) is 32.3 Å². The lowest BCUT2D eigenvalue weighted by atomic mass is 9.71. The Morgan fingerprint density at radius 1 is 0.944 bits per heavy atom. The van der Waals surface area contributed by atoms with Gasteiger partial charge in [0.05, 0.1) is 23.4 Å². The maximum atomic E-state index is 14.3. The molecule has 5 heterocycles. The van der Waals surface area contributed by atoms with Crippen LogP contribution in [-0.2, 0) is 22.8 Å². The van der Waals surface area contributed by atoms with Crippen LogP contribution in [0.25, 0.3) is 0 Å². The number of piperidine rings is 4. The predicted molar refractivity (Wildman–Crippen MR) is 201 cm³/mol. The van der Waals surface area contributed by atoms with Gasteiger partial charge in [0.2, 0.25) is 11.8 Å². The van der Waals surface area contributed by atoms with Crippen molar-refractivity contribution < 1.29 is 27.6 Å². The lowest BCUT2D eigenvalue weighted by Crippen LogP contribution is -2.48. The number of nitrogens with one attached hydrogen (secondary N) is 2. The fourth-order valence-corrected chi connectivity index (χ4v) is 9.24. The van der Waals surface area contributed by atoms with Gasteiger partial charge < -0.3 is 20.0 Å². The van der Waals surface area contributed by atoms with Crippen molar-refractivity contribution in [2.45, 2.75) is 69.0 Å². The first-order valence-corrected chi connectivity index (χ1v) is 19.3. The second-order valence-electron chi connectivity index (χ2n) is 15.5. The number of rotatable bonds is 6. The first-order chi connectivity index (χ1) is 25.7. The van der Waals surface area contributed by atoms with E-state index < -0.39 is 29.5 Å². The van der Waals surface area contributed by atoms with E-state index in [0.29, 0.717) is 41.9 Å². The van der Waals surface area contributed by atoms with Gasteiger partial charge in [-0.05, 0) is 108 Å². The third kappa shape index (κ3) is 7.93. The number of hydrogen-bond donors (Lipinski definition) is 2. The van der Waals surface area contributed by atoms with Gasteiger partial charge in [-0.1, -0.05) is 18.2 Å². The highest BCUT2D eigenvalue weighted by molar-refractivity contribution is 9.10. The molecule has 11 nitrogen and oxygen atoms in total. The summed E-state index contributed by atoms with van der Waals surface area (Å²) in [5.41, 5.74) is 1.85. The van der Waals surface area contributed by atoms with E-state index >= 15 is 0 Å². The average Bonchev–Trinajstić information content (AvgIpc) is 3.15. The summed E-state index contributed by atoms with van der Waals surface area (Å²) in [6.07, 6.45) is 1.26. The maximum Gasteiger partial charge on any atom is 0.418 e. The molecule has 0 bridgehead atoms. The number of amides is 3. The summed E-state index contributed by atoms with van der Waals surface area (Å²) in [7, 11) is 3.69. The van der Waals surface area contributed by atoms with Crippen LogP contribution >= 0.6 is 15.9 Å². The van der Waals surface area contributed by atoms with Gasteiger partial charge >= 0.3 is 6.18 Å². The van der Waals surface area contributed by atoms with Gasteiger partial charge in [0.25, 0.3) is 11.5 Å². The summed E-state index contributed by atoms with van der Waals surface area (Å²) < 4.78 is 44.7. The largest absolute Gasteiger partial charge is 0.418 e. The minimum atomic E-state index is -4.60.